The highest BCUT2D eigenvalue weighted by molar-refractivity contribution is 7.12. The number of aryl methyl sites for hydroxylation is 2. The van der Waals surface area contributed by atoms with Gasteiger partial charge in [-0.25, -0.2) is 4.98 Å². The Bertz CT molecular complexity index is 985. The van der Waals surface area contributed by atoms with Crippen molar-refractivity contribution in [3.05, 3.63) is 57.0 Å². The average Bonchev–Trinajstić information content (AvgIpc) is 3.18. The standard InChI is InChI=1S/C19H22N4O3S/c1-4-26-15-7-5-14(6-8-15)21-17(24)10-9-16-13(3)22-23(18(16)25)19-20-12(2)11-27-19/h5-8,11,22H,4,9-10H2,1-3H3,(H,21,24). The number of ether oxygens (including phenoxy) is 1. The van der Waals surface area contributed by atoms with Crippen molar-refractivity contribution in [3.8, 4) is 10.9 Å². The molecule has 0 saturated heterocycles. The van der Waals surface area contributed by atoms with E-state index in [9.17, 15) is 9.59 Å². The summed E-state index contributed by atoms with van der Waals surface area (Å²) in [6.07, 6.45) is 0.583. The Balaban J connectivity index is 1.63. The first-order chi connectivity index (χ1) is 13.0. The lowest BCUT2D eigenvalue weighted by molar-refractivity contribution is -0.116. The van der Waals surface area contributed by atoms with Crippen LogP contribution in [0.25, 0.3) is 5.13 Å². The van der Waals surface area contributed by atoms with Crippen molar-refractivity contribution in [1.82, 2.24) is 14.8 Å². The van der Waals surface area contributed by atoms with E-state index in [1.165, 1.54) is 16.0 Å². The largest absolute Gasteiger partial charge is 0.494 e. The number of hydrogen-bond acceptors (Lipinski definition) is 5. The fourth-order valence-electron chi connectivity index (χ4n) is 2.72. The molecule has 0 radical (unpaired) electrons. The summed E-state index contributed by atoms with van der Waals surface area (Å²) in [5, 5.41) is 8.37. The lowest BCUT2D eigenvalue weighted by Gasteiger charge is -2.07. The summed E-state index contributed by atoms with van der Waals surface area (Å²) in [6.45, 7) is 6.23. The molecule has 0 fully saturated rings. The highest BCUT2D eigenvalue weighted by atomic mass is 32.1. The second-order valence-electron chi connectivity index (χ2n) is 6.13. The van der Waals surface area contributed by atoms with E-state index >= 15 is 0 Å². The van der Waals surface area contributed by atoms with E-state index in [4.69, 9.17) is 4.74 Å². The number of benzene rings is 1. The van der Waals surface area contributed by atoms with Crippen molar-refractivity contribution in [1.29, 1.82) is 0 Å². The van der Waals surface area contributed by atoms with Gasteiger partial charge in [0, 0.05) is 28.7 Å². The third kappa shape index (κ3) is 4.46. The smallest absolute Gasteiger partial charge is 0.276 e. The molecule has 2 heterocycles. The molecule has 0 bridgehead atoms. The zero-order chi connectivity index (χ0) is 19.4. The lowest BCUT2D eigenvalue weighted by Crippen LogP contribution is -2.19. The van der Waals surface area contributed by atoms with E-state index in [1.807, 2.05) is 38.3 Å². The third-order valence-electron chi connectivity index (χ3n) is 4.04. The molecule has 0 aliphatic rings. The minimum atomic E-state index is -0.157. The molecular formula is C19H22N4O3S. The molecule has 142 valence electrons. The summed E-state index contributed by atoms with van der Waals surface area (Å²) < 4.78 is 6.82. The Morgan fingerprint density at radius 2 is 2.04 bits per heavy atom. The topological polar surface area (TPSA) is 89.0 Å². The molecule has 1 amide bonds. The molecule has 2 N–H and O–H groups in total. The number of rotatable bonds is 7. The van der Waals surface area contributed by atoms with E-state index in [0.29, 0.717) is 29.4 Å². The average molecular weight is 386 g/mol. The molecule has 8 heteroatoms. The van der Waals surface area contributed by atoms with Crippen LogP contribution in [-0.4, -0.2) is 27.3 Å². The number of hydrogen-bond donors (Lipinski definition) is 2. The van der Waals surface area contributed by atoms with Gasteiger partial charge >= 0.3 is 0 Å². The van der Waals surface area contributed by atoms with E-state index in [0.717, 1.165) is 17.1 Å². The van der Waals surface area contributed by atoms with Crippen LogP contribution in [0.5, 0.6) is 5.75 Å². The molecule has 0 spiro atoms. The first kappa shape index (κ1) is 18.9. The van der Waals surface area contributed by atoms with Crippen LogP contribution in [0.2, 0.25) is 0 Å². The van der Waals surface area contributed by atoms with Gasteiger partial charge in [-0.2, -0.15) is 4.68 Å². The number of carbonyl (C=O) groups is 1. The summed E-state index contributed by atoms with van der Waals surface area (Å²) in [5.41, 5.74) is 2.76. The minimum Gasteiger partial charge on any atom is -0.494 e. The van der Waals surface area contributed by atoms with Crippen LogP contribution in [0.15, 0.2) is 34.4 Å². The fraction of sp³-hybridized carbons (Fsp3) is 0.316. The Labute approximate surface area is 161 Å². The van der Waals surface area contributed by atoms with Crippen LogP contribution < -0.4 is 15.6 Å². The number of aromatic nitrogens is 3. The van der Waals surface area contributed by atoms with Gasteiger partial charge in [-0.1, -0.05) is 0 Å². The highest BCUT2D eigenvalue weighted by Crippen LogP contribution is 2.17. The van der Waals surface area contributed by atoms with Gasteiger partial charge in [0.15, 0.2) is 0 Å². The zero-order valence-corrected chi connectivity index (χ0v) is 16.4. The number of nitrogens with zero attached hydrogens (tertiary/aromatic N) is 2. The van der Waals surface area contributed by atoms with Crippen LogP contribution in [0.4, 0.5) is 5.69 Å². The number of nitrogens with one attached hydrogen (secondary N) is 2. The van der Waals surface area contributed by atoms with E-state index in [-0.39, 0.29) is 17.9 Å². The Morgan fingerprint density at radius 1 is 1.30 bits per heavy atom. The maximum absolute atomic E-state index is 12.6. The number of thiazole rings is 1. The lowest BCUT2D eigenvalue weighted by atomic mass is 10.1. The molecule has 27 heavy (non-hydrogen) atoms. The van der Waals surface area contributed by atoms with Crippen molar-refractivity contribution in [2.75, 3.05) is 11.9 Å². The molecule has 7 nitrogen and oxygen atoms in total. The summed E-state index contributed by atoms with van der Waals surface area (Å²) in [5.74, 6) is 0.618. The van der Waals surface area contributed by atoms with Crippen LogP contribution in [-0.2, 0) is 11.2 Å². The molecule has 0 atom stereocenters. The van der Waals surface area contributed by atoms with Gasteiger partial charge < -0.3 is 10.1 Å². The van der Waals surface area contributed by atoms with E-state index < -0.39 is 0 Å². The van der Waals surface area contributed by atoms with Gasteiger partial charge in [-0.05, 0) is 51.5 Å². The molecule has 3 aromatic rings. The predicted octanol–water partition coefficient (Wildman–Crippen LogP) is 3.21. The SMILES string of the molecule is CCOc1ccc(NC(=O)CCc2c(C)[nH]n(-c3nc(C)cs3)c2=O)cc1. The van der Waals surface area contributed by atoms with Crippen LogP contribution in [0.1, 0.15) is 30.3 Å². The first-order valence-electron chi connectivity index (χ1n) is 8.73. The predicted molar refractivity (Wildman–Crippen MR) is 106 cm³/mol. The molecule has 0 aliphatic heterocycles. The van der Waals surface area contributed by atoms with Gasteiger partial charge in [-0.15, -0.1) is 11.3 Å². The molecule has 0 saturated carbocycles. The second-order valence-corrected chi connectivity index (χ2v) is 6.97. The number of H-pyrrole nitrogens is 1. The monoisotopic (exact) mass is 386 g/mol. The number of aromatic amines is 1. The second kappa shape index (κ2) is 8.22. The molecule has 3 rings (SSSR count). The van der Waals surface area contributed by atoms with Crippen LogP contribution >= 0.6 is 11.3 Å². The van der Waals surface area contributed by atoms with Crippen molar-refractivity contribution in [3.63, 3.8) is 0 Å². The van der Waals surface area contributed by atoms with Gasteiger partial charge in [-0.3, -0.25) is 14.7 Å². The molecule has 0 aliphatic carbocycles. The maximum atomic E-state index is 12.6. The minimum absolute atomic E-state index is 0.143. The number of anilines is 1. The molecule has 0 unspecified atom stereocenters. The summed E-state index contributed by atoms with van der Waals surface area (Å²) >= 11 is 1.40. The third-order valence-corrected chi connectivity index (χ3v) is 4.99. The van der Waals surface area contributed by atoms with Gasteiger partial charge in [0.1, 0.15) is 5.75 Å². The molecular weight excluding hydrogens is 364 g/mol. The van der Waals surface area contributed by atoms with E-state index in [1.54, 1.807) is 12.1 Å². The van der Waals surface area contributed by atoms with Crippen molar-refractivity contribution < 1.29 is 9.53 Å². The van der Waals surface area contributed by atoms with Crippen molar-refractivity contribution >= 4 is 22.9 Å². The van der Waals surface area contributed by atoms with Crippen LogP contribution in [0.3, 0.4) is 0 Å². The zero-order valence-electron chi connectivity index (χ0n) is 15.5. The molecule has 2 aromatic heterocycles. The normalized spacial score (nSPS) is 10.8. The van der Waals surface area contributed by atoms with Gasteiger partial charge in [0.25, 0.3) is 5.56 Å². The Morgan fingerprint density at radius 3 is 2.67 bits per heavy atom. The summed E-state index contributed by atoms with van der Waals surface area (Å²) in [4.78, 5) is 29.2. The maximum Gasteiger partial charge on any atom is 0.276 e. The number of amides is 1. The van der Waals surface area contributed by atoms with Crippen molar-refractivity contribution in [2.45, 2.75) is 33.6 Å². The highest BCUT2D eigenvalue weighted by Gasteiger charge is 2.15. The Kier molecular flexibility index (Phi) is 5.75. The summed E-state index contributed by atoms with van der Waals surface area (Å²) in [7, 11) is 0. The van der Waals surface area contributed by atoms with Gasteiger partial charge in [0.2, 0.25) is 11.0 Å². The summed E-state index contributed by atoms with van der Waals surface area (Å²) in [6, 6.07) is 7.21. The quantitative estimate of drug-likeness (QED) is 0.652. The van der Waals surface area contributed by atoms with Gasteiger partial charge in [0.05, 0.1) is 12.3 Å². The molecule has 1 aromatic carbocycles. The first-order valence-corrected chi connectivity index (χ1v) is 9.61. The van der Waals surface area contributed by atoms with Crippen molar-refractivity contribution in [2.24, 2.45) is 0 Å². The number of carbonyl (C=O) groups excluding carboxylic acids is 1. The van der Waals surface area contributed by atoms with E-state index in [2.05, 4.69) is 15.4 Å². The van der Waals surface area contributed by atoms with Crippen LogP contribution in [0, 0.1) is 13.8 Å². The Hall–Kier alpha value is -2.87. The fourth-order valence-corrected chi connectivity index (χ4v) is 3.48.